The van der Waals surface area contributed by atoms with E-state index in [0.717, 1.165) is 11.4 Å². The van der Waals surface area contributed by atoms with Gasteiger partial charge in [-0.15, -0.1) is 0 Å². The minimum absolute atomic E-state index is 0.0606. The standard InChI is InChI=1S/C12H15NO2/c1-9(10(2)14)8-13-11-5-4-6-12(7-11)15-3/h4-8,13H,1-3H3/b9-8+. The first-order chi connectivity index (χ1) is 7.13. The molecule has 1 aromatic carbocycles. The number of hydrogen-bond acceptors (Lipinski definition) is 3. The van der Waals surface area contributed by atoms with Crippen molar-refractivity contribution in [1.82, 2.24) is 0 Å². The molecule has 0 spiro atoms. The average molecular weight is 205 g/mol. The second-order valence-corrected chi connectivity index (χ2v) is 3.26. The summed E-state index contributed by atoms with van der Waals surface area (Å²) < 4.78 is 5.08. The Morgan fingerprint density at radius 1 is 1.40 bits per heavy atom. The Morgan fingerprint density at radius 3 is 2.73 bits per heavy atom. The predicted molar refractivity (Wildman–Crippen MR) is 61.1 cm³/mol. The zero-order chi connectivity index (χ0) is 11.3. The fourth-order valence-corrected chi connectivity index (χ4v) is 1.01. The SMILES string of the molecule is COc1cccc(N/C=C(\C)C(C)=O)c1. The number of methoxy groups -OCH3 is 1. The van der Waals surface area contributed by atoms with Crippen molar-refractivity contribution in [1.29, 1.82) is 0 Å². The van der Waals surface area contributed by atoms with Gasteiger partial charge < -0.3 is 10.1 Å². The molecule has 0 fully saturated rings. The molecule has 0 radical (unpaired) electrons. The van der Waals surface area contributed by atoms with Gasteiger partial charge in [0.1, 0.15) is 5.75 Å². The van der Waals surface area contributed by atoms with Crippen molar-refractivity contribution in [3.63, 3.8) is 0 Å². The summed E-state index contributed by atoms with van der Waals surface area (Å²) in [6, 6.07) is 7.53. The van der Waals surface area contributed by atoms with Gasteiger partial charge >= 0.3 is 0 Å². The van der Waals surface area contributed by atoms with Gasteiger partial charge in [0.15, 0.2) is 5.78 Å². The summed E-state index contributed by atoms with van der Waals surface area (Å²) in [6.45, 7) is 3.31. The summed E-state index contributed by atoms with van der Waals surface area (Å²) in [5.74, 6) is 0.847. The van der Waals surface area contributed by atoms with E-state index in [1.54, 1.807) is 27.2 Å². The number of carbonyl (C=O) groups is 1. The van der Waals surface area contributed by atoms with Gasteiger partial charge in [0, 0.05) is 23.5 Å². The summed E-state index contributed by atoms with van der Waals surface area (Å²) in [6.07, 6.45) is 1.69. The highest BCUT2D eigenvalue weighted by atomic mass is 16.5. The molecule has 80 valence electrons. The topological polar surface area (TPSA) is 38.3 Å². The van der Waals surface area contributed by atoms with Crippen molar-refractivity contribution < 1.29 is 9.53 Å². The minimum atomic E-state index is 0.0606. The number of hydrogen-bond donors (Lipinski definition) is 1. The van der Waals surface area contributed by atoms with Crippen molar-refractivity contribution in [3.8, 4) is 5.75 Å². The van der Waals surface area contributed by atoms with Crippen molar-refractivity contribution in [2.75, 3.05) is 12.4 Å². The number of carbonyl (C=O) groups excluding carboxylic acids is 1. The van der Waals surface area contributed by atoms with Crippen LogP contribution in [-0.2, 0) is 4.79 Å². The molecular formula is C12H15NO2. The third-order valence-corrected chi connectivity index (χ3v) is 2.08. The number of rotatable bonds is 4. The zero-order valence-corrected chi connectivity index (χ0v) is 9.20. The average Bonchev–Trinajstić information content (AvgIpc) is 2.26. The number of ketones is 1. The molecule has 1 rings (SSSR count). The largest absolute Gasteiger partial charge is 0.497 e. The van der Waals surface area contributed by atoms with E-state index in [-0.39, 0.29) is 5.78 Å². The van der Waals surface area contributed by atoms with Crippen molar-refractivity contribution >= 4 is 11.5 Å². The quantitative estimate of drug-likeness (QED) is 0.768. The van der Waals surface area contributed by atoms with E-state index in [1.807, 2.05) is 24.3 Å². The maximum atomic E-state index is 11.0. The minimum Gasteiger partial charge on any atom is -0.497 e. The van der Waals surface area contributed by atoms with E-state index in [0.29, 0.717) is 5.57 Å². The molecule has 0 amide bonds. The lowest BCUT2D eigenvalue weighted by molar-refractivity contribution is -0.113. The maximum Gasteiger partial charge on any atom is 0.156 e. The first kappa shape index (κ1) is 11.3. The van der Waals surface area contributed by atoms with Gasteiger partial charge in [-0.25, -0.2) is 0 Å². The van der Waals surface area contributed by atoms with Gasteiger partial charge in [-0.3, -0.25) is 4.79 Å². The van der Waals surface area contributed by atoms with Gasteiger partial charge in [0.25, 0.3) is 0 Å². The Kier molecular flexibility index (Phi) is 3.92. The Morgan fingerprint density at radius 2 is 2.13 bits per heavy atom. The van der Waals surface area contributed by atoms with Crippen LogP contribution in [0.1, 0.15) is 13.8 Å². The lowest BCUT2D eigenvalue weighted by atomic mass is 10.2. The van der Waals surface area contributed by atoms with Crippen molar-refractivity contribution in [2.45, 2.75) is 13.8 Å². The second kappa shape index (κ2) is 5.20. The highest BCUT2D eigenvalue weighted by Crippen LogP contribution is 2.16. The number of nitrogens with one attached hydrogen (secondary N) is 1. The van der Waals surface area contributed by atoms with Gasteiger partial charge in [0.2, 0.25) is 0 Å². The van der Waals surface area contributed by atoms with Crippen LogP contribution in [0.25, 0.3) is 0 Å². The Labute approximate surface area is 89.8 Å². The van der Waals surface area contributed by atoms with Crippen LogP contribution in [0.15, 0.2) is 36.0 Å². The van der Waals surface area contributed by atoms with E-state index in [9.17, 15) is 4.79 Å². The van der Waals surface area contributed by atoms with E-state index >= 15 is 0 Å². The first-order valence-electron chi connectivity index (χ1n) is 4.72. The van der Waals surface area contributed by atoms with Gasteiger partial charge in [0.05, 0.1) is 7.11 Å². The smallest absolute Gasteiger partial charge is 0.156 e. The summed E-state index contributed by atoms with van der Waals surface area (Å²) in [5, 5.41) is 3.04. The highest BCUT2D eigenvalue weighted by Gasteiger charge is 1.96. The summed E-state index contributed by atoms with van der Waals surface area (Å²) >= 11 is 0. The first-order valence-corrected chi connectivity index (χ1v) is 4.72. The van der Waals surface area contributed by atoms with Gasteiger partial charge in [-0.2, -0.15) is 0 Å². The number of ether oxygens (including phenoxy) is 1. The molecule has 0 aromatic heterocycles. The van der Waals surface area contributed by atoms with Crippen LogP contribution < -0.4 is 10.1 Å². The molecule has 0 aliphatic carbocycles. The Hall–Kier alpha value is -1.77. The fourth-order valence-electron chi connectivity index (χ4n) is 1.01. The third kappa shape index (κ3) is 3.46. The monoisotopic (exact) mass is 205 g/mol. The third-order valence-electron chi connectivity index (χ3n) is 2.08. The second-order valence-electron chi connectivity index (χ2n) is 3.26. The van der Waals surface area contributed by atoms with E-state index in [1.165, 1.54) is 0 Å². The number of Topliss-reactive ketones (excluding diaryl/α,β-unsaturated/α-hetero) is 1. The van der Waals surface area contributed by atoms with Crippen LogP contribution in [0, 0.1) is 0 Å². The number of anilines is 1. The molecule has 0 bridgehead atoms. The van der Waals surface area contributed by atoms with Gasteiger partial charge in [-0.05, 0) is 26.0 Å². The lowest BCUT2D eigenvalue weighted by Crippen LogP contribution is -1.96. The van der Waals surface area contributed by atoms with Crippen LogP contribution in [0.3, 0.4) is 0 Å². The molecule has 15 heavy (non-hydrogen) atoms. The van der Waals surface area contributed by atoms with E-state index in [4.69, 9.17) is 4.74 Å². The van der Waals surface area contributed by atoms with Gasteiger partial charge in [-0.1, -0.05) is 6.07 Å². The molecule has 0 saturated heterocycles. The summed E-state index contributed by atoms with van der Waals surface area (Å²) in [7, 11) is 1.62. The summed E-state index contributed by atoms with van der Waals surface area (Å²) in [4.78, 5) is 11.0. The molecular weight excluding hydrogens is 190 g/mol. The lowest BCUT2D eigenvalue weighted by Gasteiger charge is -2.04. The molecule has 1 aromatic rings. The summed E-state index contributed by atoms with van der Waals surface area (Å²) in [5.41, 5.74) is 1.59. The van der Waals surface area contributed by atoms with Crippen molar-refractivity contribution in [3.05, 3.63) is 36.0 Å². The molecule has 0 aliphatic heterocycles. The van der Waals surface area contributed by atoms with Crippen LogP contribution in [0.4, 0.5) is 5.69 Å². The molecule has 3 heteroatoms. The van der Waals surface area contributed by atoms with Crippen molar-refractivity contribution in [2.24, 2.45) is 0 Å². The van der Waals surface area contributed by atoms with Crippen LogP contribution in [0.2, 0.25) is 0 Å². The highest BCUT2D eigenvalue weighted by molar-refractivity contribution is 5.92. The molecule has 0 aliphatic rings. The molecule has 0 atom stereocenters. The number of allylic oxidation sites excluding steroid dienone is 1. The van der Waals surface area contributed by atoms with E-state index < -0.39 is 0 Å². The van der Waals surface area contributed by atoms with Crippen LogP contribution in [-0.4, -0.2) is 12.9 Å². The maximum absolute atomic E-state index is 11.0. The molecule has 0 saturated carbocycles. The zero-order valence-electron chi connectivity index (χ0n) is 9.20. The normalized spacial score (nSPS) is 11.0. The predicted octanol–water partition coefficient (Wildman–Crippen LogP) is 2.60. The fraction of sp³-hybridized carbons (Fsp3) is 0.250. The Balaban J connectivity index is 2.73. The Bertz CT molecular complexity index is 383. The molecule has 0 unspecified atom stereocenters. The van der Waals surface area contributed by atoms with E-state index in [2.05, 4.69) is 5.32 Å². The molecule has 1 N–H and O–H groups in total. The van der Waals surface area contributed by atoms with Crippen LogP contribution in [0.5, 0.6) is 5.75 Å². The van der Waals surface area contributed by atoms with Crippen LogP contribution >= 0.6 is 0 Å². The number of benzene rings is 1. The molecule has 0 heterocycles. The molecule has 3 nitrogen and oxygen atoms in total.